The summed E-state index contributed by atoms with van der Waals surface area (Å²) < 4.78 is 26.6. The third kappa shape index (κ3) is 3.44. The Balaban J connectivity index is 1.51. The smallest absolute Gasteiger partial charge is 0.273 e. The largest absolute Gasteiger partial charge is 0.352 e. The molecule has 0 atom stereocenters. The van der Waals surface area contributed by atoms with Crippen LogP contribution in [0.3, 0.4) is 0 Å². The number of hydrogen-bond acceptors (Lipinski definition) is 4. The van der Waals surface area contributed by atoms with Crippen molar-refractivity contribution in [2.24, 2.45) is 5.92 Å². The summed E-state index contributed by atoms with van der Waals surface area (Å²) in [6, 6.07) is 7.22. The van der Waals surface area contributed by atoms with Crippen LogP contribution in [0.5, 0.6) is 0 Å². The lowest BCUT2D eigenvalue weighted by Gasteiger charge is -2.21. The van der Waals surface area contributed by atoms with Crippen LogP contribution >= 0.6 is 0 Å². The Bertz CT molecular complexity index is 1020. The Hall–Kier alpha value is -2.61. The highest BCUT2D eigenvalue weighted by atomic mass is 32.2. The van der Waals surface area contributed by atoms with E-state index in [4.69, 9.17) is 0 Å². The topological polar surface area (TPSA) is 97.3 Å². The lowest BCUT2D eigenvalue weighted by Crippen LogP contribution is -2.26. The van der Waals surface area contributed by atoms with Crippen LogP contribution in [-0.2, 0) is 10.0 Å². The number of amides is 2. The Labute approximate surface area is 164 Å². The molecule has 0 radical (unpaired) electrons. The zero-order valence-electron chi connectivity index (χ0n) is 15.5. The second-order valence-electron chi connectivity index (χ2n) is 7.41. The fraction of sp³-hybridized carbons (Fsp3) is 0.400. The van der Waals surface area contributed by atoms with Crippen LogP contribution in [0.25, 0.3) is 0 Å². The number of carbonyl (C=O) groups is 2. The minimum atomic E-state index is -3.90. The van der Waals surface area contributed by atoms with Crippen LogP contribution in [0.1, 0.15) is 59.4 Å². The quantitative estimate of drug-likeness (QED) is 0.823. The molecule has 0 saturated heterocycles. The summed E-state index contributed by atoms with van der Waals surface area (Å²) in [6.45, 7) is 0.594. The van der Waals surface area contributed by atoms with Gasteiger partial charge in [0.1, 0.15) is 10.6 Å². The summed E-state index contributed by atoms with van der Waals surface area (Å²) in [5, 5.41) is 5.51. The molecule has 0 unspecified atom stereocenters. The molecule has 0 spiro atoms. The monoisotopic (exact) mass is 401 g/mol. The molecule has 0 bridgehead atoms. The number of rotatable bonds is 4. The lowest BCUT2D eigenvalue weighted by molar-refractivity contribution is 0.0948. The van der Waals surface area contributed by atoms with Crippen LogP contribution in [0.4, 0.5) is 5.69 Å². The van der Waals surface area contributed by atoms with E-state index < -0.39 is 15.9 Å². The molecule has 1 fully saturated rings. The van der Waals surface area contributed by atoms with E-state index in [1.165, 1.54) is 68.6 Å². The van der Waals surface area contributed by atoms with Crippen LogP contribution in [-0.4, -0.2) is 30.7 Å². The van der Waals surface area contributed by atoms with E-state index in [1.807, 2.05) is 0 Å². The Morgan fingerprint density at radius 2 is 1.96 bits per heavy atom. The molecule has 2 aromatic rings. The summed E-state index contributed by atoms with van der Waals surface area (Å²) in [5.41, 5.74) is 0.479. The van der Waals surface area contributed by atoms with Crippen molar-refractivity contribution in [2.75, 3.05) is 11.9 Å². The fourth-order valence-electron chi connectivity index (χ4n) is 4.01. The zero-order chi connectivity index (χ0) is 19.7. The Morgan fingerprint density at radius 3 is 2.75 bits per heavy atom. The first kappa shape index (κ1) is 18.7. The number of nitrogens with one attached hydrogen (secondary N) is 2. The van der Waals surface area contributed by atoms with Crippen molar-refractivity contribution in [1.29, 1.82) is 0 Å². The fourth-order valence-corrected chi connectivity index (χ4v) is 5.48. The molecule has 28 heavy (non-hydrogen) atoms. The van der Waals surface area contributed by atoms with Gasteiger partial charge in [-0.3, -0.25) is 9.59 Å². The van der Waals surface area contributed by atoms with Gasteiger partial charge in [0.25, 0.3) is 21.8 Å². The summed E-state index contributed by atoms with van der Waals surface area (Å²) in [4.78, 5) is 24.8. The van der Waals surface area contributed by atoms with Crippen molar-refractivity contribution < 1.29 is 18.0 Å². The van der Waals surface area contributed by atoms with E-state index in [-0.39, 0.29) is 22.2 Å². The Kier molecular flexibility index (Phi) is 4.97. The van der Waals surface area contributed by atoms with Crippen molar-refractivity contribution in [1.82, 2.24) is 9.29 Å². The van der Waals surface area contributed by atoms with Crippen LogP contribution < -0.4 is 10.6 Å². The maximum atomic E-state index is 12.8. The van der Waals surface area contributed by atoms with E-state index in [1.54, 1.807) is 0 Å². The predicted octanol–water partition coefficient (Wildman–Crippen LogP) is 2.99. The summed E-state index contributed by atoms with van der Waals surface area (Å²) in [7, 11) is -3.90. The van der Waals surface area contributed by atoms with Gasteiger partial charge in [-0.2, -0.15) is 0 Å². The third-order valence-corrected chi connectivity index (χ3v) is 7.28. The number of anilines is 1. The average molecular weight is 401 g/mol. The van der Waals surface area contributed by atoms with Gasteiger partial charge in [-0.05, 0) is 42.7 Å². The molecule has 1 saturated carbocycles. The van der Waals surface area contributed by atoms with E-state index in [0.717, 1.165) is 10.4 Å². The van der Waals surface area contributed by atoms with Gasteiger partial charge in [-0.25, -0.2) is 12.4 Å². The van der Waals surface area contributed by atoms with E-state index in [2.05, 4.69) is 10.6 Å². The number of carbonyl (C=O) groups excluding carboxylic acids is 2. The highest BCUT2D eigenvalue weighted by Gasteiger charge is 2.30. The molecule has 2 N–H and O–H groups in total. The molecule has 148 valence electrons. The van der Waals surface area contributed by atoms with Gasteiger partial charge in [0, 0.05) is 18.3 Å². The molecule has 7 nitrogen and oxygen atoms in total. The van der Waals surface area contributed by atoms with Gasteiger partial charge < -0.3 is 10.6 Å². The molecular formula is C20H23N3O4S. The summed E-state index contributed by atoms with van der Waals surface area (Å²) >= 11 is 0. The van der Waals surface area contributed by atoms with Crippen molar-refractivity contribution in [3.05, 3.63) is 47.8 Å². The van der Waals surface area contributed by atoms with E-state index in [0.29, 0.717) is 18.0 Å². The maximum Gasteiger partial charge on any atom is 0.273 e. The SMILES string of the molecule is O=C(NCCC1CCCCC1)c1ccc2c(c1)NC(=O)c1cccn1S2(=O)=O. The number of aromatic nitrogens is 1. The minimum absolute atomic E-state index is 0.0328. The first-order chi connectivity index (χ1) is 13.5. The van der Waals surface area contributed by atoms with Crippen LogP contribution in [0.15, 0.2) is 41.4 Å². The maximum absolute atomic E-state index is 12.8. The van der Waals surface area contributed by atoms with Crippen molar-refractivity contribution in [2.45, 2.75) is 43.4 Å². The average Bonchev–Trinajstić information content (AvgIpc) is 3.17. The Morgan fingerprint density at radius 1 is 1.18 bits per heavy atom. The lowest BCUT2D eigenvalue weighted by atomic mass is 9.87. The molecule has 8 heteroatoms. The highest BCUT2D eigenvalue weighted by molar-refractivity contribution is 7.90. The summed E-state index contributed by atoms with van der Waals surface area (Å²) in [5.74, 6) is -0.128. The van der Waals surface area contributed by atoms with Crippen LogP contribution in [0.2, 0.25) is 0 Å². The predicted molar refractivity (Wildman–Crippen MR) is 105 cm³/mol. The standard InChI is InChI=1S/C20H23N3O4S/c24-19(21-11-10-14-5-2-1-3-6-14)15-8-9-18-16(13-15)22-20(25)17-7-4-12-23(17)28(18,26)27/h4,7-9,12-14H,1-3,5-6,10-11H2,(H,21,24)(H,22,25). The number of nitrogens with zero attached hydrogens (tertiary/aromatic N) is 1. The molecular weight excluding hydrogens is 378 g/mol. The van der Waals surface area contributed by atoms with Gasteiger partial charge in [0.2, 0.25) is 0 Å². The van der Waals surface area contributed by atoms with Gasteiger partial charge in [0.15, 0.2) is 0 Å². The number of hydrogen-bond donors (Lipinski definition) is 2. The summed E-state index contributed by atoms with van der Waals surface area (Å²) in [6.07, 6.45) is 8.57. The van der Waals surface area contributed by atoms with Crippen LogP contribution in [0, 0.1) is 5.92 Å². The van der Waals surface area contributed by atoms with Gasteiger partial charge >= 0.3 is 0 Å². The molecule has 2 aliphatic rings. The number of fused-ring (bicyclic) bond motifs is 2. The second-order valence-corrected chi connectivity index (χ2v) is 9.19. The first-order valence-corrected chi connectivity index (χ1v) is 11.1. The molecule has 4 rings (SSSR count). The van der Waals surface area contributed by atoms with Crippen molar-refractivity contribution >= 4 is 27.5 Å². The molecule has 2 amide bonds. The van der Waals surface area contributed by atoms with Crippen molar-refractivity contribution in [3.63, 3.8) is 0 Å². The van der Waals surface area contributed by atoms with E-state index in [9.17, 15) is 18.0 Å². The zero-order valence-corrected chi connectivity index (χ0v) is 16.3. The molecule has 1 aliphatic carbocycles. The molecule has 1 aliphatic heterocycles. The molecule has 1 aromatic heterocycles. The minimum Gasteiger partial charge on any atom is -0.352 e. The molecule has 1 aromatic carbocycles. The van der Waals surface area contributed by atoms with Crippen molar-refractivity contribution in [3.8, 4) is 0 Å². The van der Waals surface area contributed by atoms with Gasteiger partial charge in [-0.15, -0.1) is 0 Å². The molecule has 2 heterocycles. The first-order valence-electron chi connectivity index (χ1n) is 9.63. The highest BCUT2D eigenvalue weighted by Crippen LogP contribution is 2.30. The van der Waals surface area contributed by atoms with Gasteiger partial charge in [0.05, 0.1) is 5.69 Å². The normalized spacial score (nSPS) is 18.5. The van der Waals surface area contributed by atoms with E-state index >= 15 is 0 Å². The number of benzene rings is 1. The second kappa shape index (κ2) is 7.43. The van der Waals surface area contributed by atoms with Gasteiger partial charge in [-0.1, -0.05) is 32.1 Å². The third-order valence-electron chi connectivity index (χ3n) is 5.54.